The molecule has 9 heteroatoms. The van der Waals surface area contributed by atoms with Crippen LogP contribution in [0.4, 0.5) is 4.79 Å². The van der Waals surface area contributed by atoms with E-state index in [2.05, 4.69) is 20.1 Å². The first kappa shape index (κ1) is 11.3. The highest BCUT2D eigenvalue weighted by atomic mass is 16.5. The number of ether oxygens (including phenoxy) is 1. The number of hydrogen-bond acceptors (Lipinski definition) is 6. The smallest absolute Gasteiger partial charge is 0.408 e. The lowest BCUT2D eigenvalue weighted by Gasteiger charge is -2.18. The molecule has 9 nitrogen and oxygen atoms in total. The minimum absolute atomic E-state index is 0.144. The van der Waals surface area contributed by atoms with Gasteiger partial charge in [-0.05, 0) is 5.21 Å². The van der Waals surface area contributed by atoms with Crippen molar-refractivity contribution in [3.63, 3.8) is 0 Å². The maximum absolute atomic E-state index is 11.5. The van der Waals surface area contributed by atoms with Crippen molar-refractivity contribution in [1.82, 2.24) is 25.1 Å². The van der Waals surface area contributed by atoms with Crippen LogP contribution >= 0.6 is 0 Å². The Morgan fingerprint density at radius 1 is 1.53 bits per heavy atom. The largest absolute Gasteiger partial charge is 0.467 e. The zero-order valence-corrected chi connectivity index (χ0v) is 9.05. The highest BCUT2D eigenvalue weighted by molar-refractivity contribution is 5.81. The Morgan fingerprint density at radius 2 is 2.29 bits per heavy atom. The second-order valence-corrected chi connectivity index (χ2v) is 3.62. The highest BCUT2D eigenvalue weighted by Gasteiger charge is 2.42. The number of aromatic nitrogens is 4. The van der Waals surface area contributed by atoms with E-state index in [4.69, 9.17) is 5.11 Å². The summed E-state index contributed by atoms with van der Waals surface area (Å²) in [7, 11) is 1.23. The van der Waals surface area contributed by atoms with Gasteiger partial charge in [-0.2, -0.15) is 4.80 Å². The SMILES string of the molecule is COC(=O)C1CC(n2ncnn2)CN1C(=O)O. The fourth-order valence-electron chi connectivity index (χ4n) is 1.89. The molecular weight excluding hydrogens is 230 g/mol. The lowest BCUT2D eigenvalue weighted by Crippen LogP contribution is -2.40. The zero-order valence-electron chi connectivity index (χ0n) is 9.05. The van der Waals surface area contributed by atoms with Crippen LogP contribution in [0.2, 0.25) is 0 Å². The maximum atomic E-state index is 11.5. The topological polar surface area (TPSA) is 110 Å². The molecule has 1 saturated heterocycles. The van der Waals surface area contributed by atoms with Gasteiger partial charge in [0.1, 0.15) is 6.04 Å². The molecule has 0 radical (unpaired) electrons. The van der Waals surface area contributed by atoms with Crippen LogP contribution in [0, 0.1) is 0 Å². The third kappa shape index (κ3) is 2.03. The number of hydrogen-bond donors (Lipinski definition) is 1. The Labute approximate surface area is 96.0 Å². The summed E-state index contributed by atoms with van der Waals surface area (Å²) in [5.74, 6) is -0.574. The second-order valence-electron chi connectivity index (χ2n) is 3.62. The van der Waals surface area contributed by atoms with Crippen LogP contribution in [-0.4, -0.2) is 62.0 Å². The molecule has 2 heterocycles. The van der Waals surface area contributed by atoms with Gasteiger partial charge in [0.15, 0.2) is 6.33 Å². The molecular formula is C8H11N5O4. The number of rotatable bonds is 2. The Hall–Kier alpha value is -2.19. The predicted molar refractivity (Wildman–Crippen MR) is 52.0 cm³/mol. The molecule has 1 fully saturated rings. The van der Waals surface area contributed by atoms with Crippen molar-refractivity contribution in [3.05, 3.63) is 6.33 Å². The number of carboxylic acid groups (broad SMARTS) is 1. The normalized spacial score (nSPS) is 23.7. The van der Waals surface area contributed by atoms with Gasteiger partial charge in [0, 0.05) is 13.0 Å². The number of esters is 1. The van der Waals surface area contributed by atoms with Crippen LogP contribution < -0.4 is 0 Å². The fraction of sp³-hybridized carbons (Fsp3) is 0.625. The molecule has 2 unspecified atom stereocenters. The van der Waals surface area contributed by atoms with Crippen molar-refractivity contribution in [2.75, 3.05) is 13.7 Å². The Morgan fingerprint density at radius 3 is 2.82 bits per heavy atom. The van der Waals surface area contributed by atoms with E-state index in [9.17, 15) is 9.59 Å². The summed E-state index contributed by atoms with van der Waals surface area (Å²) >= 11 is 0. The van der Waals surface area contributed by atoms with Crippen molar-refractivity contribution >= 4 is 12.1 Å². The van der Waals surface area contributed by atoms with E-state index in [1.165, 1.54) is 18.2 Å². The van der Waals surface area contributed by atoms with Crippen molar-refractivity contribution < 1.29 is 19.4 Å². The van der Waals surface area contributed by atoms with E-state index in [0.717, 1.165) is 4.90 Å². The van der Waals surface area contributed by atoms with Gasteiger partial charge >= 0.3 is 12.1 Å². The third-order valence-corrected chi connectivity index (χ3v) is 2.69. The monoisotopic (exact) mass is 241 g/mol. The molecule has 0 aliphatic carbocycles. The first-order chi connectivity index (χ1) is 8.13. The second kappa shape index (κ2) is 4.36. The molecule has 1 aliphatic heterocycles. The number of likely N-dealkylation sites (tertiary alicyclic amines) is 1. The summed E-state index contributed by atoms with van der Waals surface area (Å²) < 4.78 is 4.57. The average molecular weight is 241 g/mol. The quantitative estimate of drug-likeness (QED) is 0.670. The zero-order chi connectivity index (χ0) is 12.4. The van der Waals surface area contributed by atoms with Gasteiger partial charge in [0.2, 0.25) is 0 Å². The average Bonchev–Trinajstić information content (AvgIpc) is 2.95. The molecule has 1 aromatic heterocycles. The van der Waals surface area contributed by atoms with Crippen LogP contribution in [0.5, 0.6) is 0 Å². The Kier molecular flexibility index (Phi) is 2.90. The number of amides is 1. The van der Waals surface area contributed by atoms with Crippen molar-refractivity contribution in [2.45, 2.75) is 18.5 Å². The number of carbonyl (C=O) groups is 2. The summed E-state index contributed by atoms with van der Waals surface area (Å²) in [6.45, 7) is 0.144. The van der Waals surface area contributed by atoms with Gasteiger partial charge in [-0.3, -0.25) is 4.90 Å². The Balaban J connectivity index is 2.17. The van der Waals surface area contributed by atoms with Crippen LogP contribution in [0.3, 0.4) is 0 Å². The van der Waals surface area contributed by atoms with Gasteiger partial charge in [0.05, 0.1) is 13.2 Å². The van der Waals surface area contributed by atoms with E-state index < -0.39 is 18.1 Å². The number of tetrazole rings is 1. The molecule has 0 saturated carbocycles. The highest BCUT2D eigenvalue weighted by Crippen LogP contribution is 2.26. The summed E-state index contributed by atoms with van der Waals surface area (Å²) in [5, 5.41) is 20.1. The van der Waals surface area contributed by atoms with E-state index in [0.29, 0.717) is 0 Å². The Bertz CT molecular complexity index is 420. The van der Waals surface area contributed by atoms with Gasteiger partial charge in [0.25, 0.3) is 0 Å². The maximum Gasteiger partial charge on any atom is 0.408 e. The lowest BCUT2D eigenvalue weighted by atomic mass is 10.2. The minimum Gasteiger partial charge on any atom is -0.467 e. The third-order valence-electron chi connectivity index (χ3n) is 2.69. The first-order valence-corrected chi connectivity index (χ1v) is 4.93. The van der Waals surface area contributed by atoms with Gasteiger partial charge < -0.3 is 9.84 Å². The molecule has 1 aromatic rings. The molecule has 2 rings (SSSR count). The molecule has 17 heavy (non-hydrogen) atoms. The van der Waals surface area contributed by atoms with E-state index in [-0.39, 0.29) is 19.0 Å². The van der Waals surface area contributed by atoms with Crippen LogP contribution in [-0.2, 0) is 9.53 Å². The first-order valence-electron chi connectivity index (χ1n) is 4.93. The van der Waals surface area contributed by atoms with Crippen molar-refractivity contribution in [2.24, 2.45) is 0 Å². The molecule has 0 spiro atoms. The van der Waals surface area contributed by atoms with Gasteiger partial charge in [-0.25, -0.2) is 9.59 Å². The molecule has 1 aliphatic rings. The van der Waals surface area contributed by atoms with Crippen LogP contribution in [0.15, 0.2) is 6.33 Å². The van der Waals surface area contributed by atoms with E-state index >= 15 is 0 Å². The number of nitrogens with zero attached hydrogens (tertiary/aromatic N) is 5. The molecule has 92 valence electrons. The fourth-order valence-corrected chi connectivity index (χ4v) is 1.89. The minimum atomic E-state index is -1.16. The van der Waals surface area contributed by atoms with Gasteiger partial charge in [-0.1, -0.05) is 0 Å². The van der Waals surface area contributed by atoms with Crippen molar-refractivity contribution in [3.8, 4) is 0 Å². The predicted octanol–water partition coefficient (Wildman–Crippen LogP) is -0.860. The summed E-state index contributed by atoms with van der Waals surface area (Å²) in [4.78, 5) is 24.8. The van der Waals surface area contributed by atoms with Crippen molar-refractivity contribution in [1.29, 1.82) is 0 Å². The molecule has 2 atom stereocenters. The summed E-state index contributed by atoms with van der Waals surface area (Å²) in [6.07, 6.45) is 0.384. The standard InChI is InChI=1S/C8H11N5O4/c1-17-7(14)6-2-5(3-12(6)8(15)16)13-10-4-9-11-13/h4-6H,2-3H2,1H3,(H,15,16). The molecule has 1 amide bonds. The van der Waals surface area contributed by atoms with Crippen LogP contribution in [0.1, 0.15) is 12.5 Å². The summed E-state index contributed by atoms with van der Waals surface area (Å²) in [6, 6.07) is -1.11. The lowest BCUT2D eigenvalue weighted by molar-refractivity contribution is -0.145. The van der Waals surface area contributed by atoms with E-state index in [1.807, 2.05) is 0 Å². The van der Waals surface area contributed by atoms with E-state index in [1.54, 1.807) is 0 Å². The molecule has 0 bridgehead atoms. The number of carbonyl (C=O) groups excluding carboxylic acids is 1. The van der Waals surface area contributed by atoms with Crippen LogP contribution in [0.25, 0.3) is 0 Å². The molecule has 1 N–H and O–H groups in total. The molecule has 0 aromatic carbocycles. The van der Waals surface area contributed by atoms with Gasteiger partial charge in [-0.15, -0.1) is 10.2 Å². The number of methoxy groups -OCH3 is 1. The summed E-state index contributed by atoms with van der Waals surface area (Å²) in [5.41, 5.74) is 0.